The number of ether oxygens (including phenoxy) is 6. The Bertz CT molecular complexity index is 2630. The van der Waals surface area contributed by atoms with Gasteiger partial charge in [-0.05, 0) is 87.9 Å². The standard InChI is InChI=1S/C54H61NO17/c1-28-37(69-50(65)42(70-48(63)30(3)67-47(62)29(2)56)40(33-18-12-9-13-19-33)55-46(61)34-20-14-10-15-21-34)27-54(66)45(71-49(64)35-22-16-11-17-23-35)43-52(8,38(59)26-36-24-25-53(36,43)72-32(5)58)44(60)41(68-31(4)57)39(28)51(54,6)7/h9-23,29-30,36-38,40-43,45,56,59,66H,24-27H2,1-8H3,(H,55,61)/t29-,30-,36+,37?,38-,40?,41+,42+,43?,45?,52+,53-,54+/m0/s1. The van der Waals surface area contributed by atoms with Gasteiger partial charge in [0.15, 0.2) is 18.0 Å². The molecule has 18 heteroatoms. The molecule has 0 saturated heterocycles. The highest BCUT2D eigenvalue weighted by Crippen LogP contribution is 2.67. The second-order valence-electron chi connectivity index (χ2n) is 20.0. The van der Waals surface area contributed by atoms with Crippen LogP contribution in [0, 0.1) is 22.7 Å². The summed E-state index contributed by atoms with van der Waals surface area (Å²) in [5.41, 5.74) is -7.44. The minimum absolute atomic E-state index is 0.0431. The number of esters is 6. The molecule has 1 amide bonds. The molecular weight excluding hydrogens is 935 g/mol. The Kier molecular flexibility index (Phi) is 15.0. The first kappa shape index (κ1) is 53.0. The number of nitrogens with one attached hydrogen (secondary N) is 1. The fourth-order valence-electron chi connectivity index (χ4n) is 11.4. The number of hydrogen-bond donors (Lipinski definition) is 4. The SMILES string of the molecule is CC(=O)O[C@H]1C(=O)[C@@]2(C)C(C(OC(=O)c3ccccc3)[C@]3(O)CC(OC(=O)[C@H](OC(=O)[C@H](C)OC(=O)[C@H](C)O)C(NC(=O)c4ccccc4)c4ccccc4)C(C)=C1C3(C)C)[C@]1(OC(C)=O)CC[C@@H]1C[C@@H]2O. The Hall–Kier alpha value is -6.76. The zero-order valence-corrected chi connectivity index (χ0v) is 41.3. The first-order chi connectivity index (χ1) is 33.9. The summed E-state index contributed by atoms with van der Waals surface area (Å²) < 4.78 is 35.9. The van der Waals surface area contributed by atoms with E-state index in [4.69, 9.17) is 28.4 Å². The monoisotopic (exact) mass is 995 g/mol. The molecule has 384 valence electrons. The molecule has 4 aliphatic rings. The molecule has 4 unspecified atom stereocenters. The molecule has 18 nitrogen and oxygen atoms in total. The maximum Gasteiger partial charge on any atom is 0.350 e. The lowest BCUT2D eigenvalue weighted by Gasteiger charge is -2.68. The van der Waals surface area contributed by atoms with Crippen LogP contribution < -0.4 is 5.32 Å². The van der Waals surface area contributed by atoms with Crippen LogP contribution in [0.3, 0.4) is 0 Å². The maximum absolute atomic E-state index is 15.8. The van der Waals surface area contributed by atoms with Crippen LogP contribution in [-0.2, 0) is 57.2 Å². The molecule has 72 heavy (non-hydrogen) atoms. The Morgan fingerprint density at radius 2 is 1.33 bits per heavy atom. The molecule has 13 atom stereocenters. The van der Waals surface area contributed by atoms with Gasteiger partial charge in [0.2, 0.25) is 6.10 Å². The first-order valence-electron chi connectivity index (χ1n) is 23.9. The Morgan fingerprint density at radius 1 is 0.750 bits per heavy atom. The summed E-state index contributed by atoms with van der Waals surface area (Å²) in [4.78, 5) is 112. The molecule has 4 N–H and O–H groups in total. The van der Waals surface area contributed by atoms with E-state index in [2.05, 4.69) is 5.32 Å². The van der Waals surface area contributed by atoms with Crippen molar-refractivity contribution in [1.82, 2.24) is 5.32 Å². The highest BCUT2D eigenvalue weighted by molar-refractivity contribution is 5.96. The molecule has 0 radical (unpaired) electrons. The fourth-order valence-corrected chi connectivity index (χ4v) is 11.4. The average molecular weight is 996 g/mol. The average Bonchev–Trinajstić information content (AvgIpc) is 3.33. The second-order valence-corrected chi connectivity index (χ2v) is 20.0. The summed E-state index contributed by atoms with van der Waals surface area (Å²) in [5.74, 6) is -10.1. The van der Waals surface area contributed by atoms with Gasteiger partial charge in [-0.3, -0.25) is 19.2 Å². The van der Waals surface area contributed by atoms with Gasteiger partial charge in [0.05, 0.1) is 23.0 Å². The van der Waals surface area contributed by atoms with Gasteiger partial charge < -0.3 is 49.1 Å². The van der Waals surface area contributed by atoms with Gasteiger partial charge >= 0.3 is 35.8 Å². The van der Waals surface area contributed by atoms with Gasteiger partial charge in [0, 0.05) is 37.2 Å². The second kappa shape index (κ2) is 20.4. The van der Waals surface area contributed by atoms with Crippen LogP contribution in [0.5, 0.6) is 0 Å². The van der Waals surface area contributed by atoms with Gasteiger partial charge in [-0.25, -0.2) is 19.2 Å². The number of benzene rings is 3. The summed E-state index contributed by atoms with van der Waals surface area (Å²) in [6, 6.07) is 22.1. The number of aliphatic hydroxyl groups is 3. The van der Waals surface area contributed by atoms with Crippen molar-refractivity contribution in [2.75, 3.05) is 0 Å². The van der Waals surface area contributed by atoms with Gasteiger partial charge in [-0.15, -0.1) is 0 Å². The van der Waals surface area contributed by atoms with E-state index in [1.807, 2.05) is 0 Å². The number of Topliss-reactive ketones (excluding diaryl/α,β-unsaturated/α-hetero) is 1. The highest BCUT2D eigenvalue weighted by Gasteiger charge is 2.77. The van der Waals surface area contributed by atoms with E-state index in [-0.39, 0.29) is 40.7 Å². The molecule has 4 aliphatic carbocycles. The van der Waals surface area contributed by atoms with Crippen molar-refractivity contribution < 1.29 is 82.1 Å². The minimum atomic E-state index is -2.47. The fraction of sp³-hybridized carbons (Fsp3) is 0.481. The normalized spacial score (nSPS) is 29.8. The van der Waals surface area contributed by atoms with Crippen LogP contribution in [0.25, 0.3) is 0 Å². The molecule has 7 rings (SSSR count). The van der Waals surface area contributed by atoms with Crippen LogP contribution in [0.2, 0.25) is 0 Å². The lowest BCUT2D eigenvalue weighted by atomic mass is 9.41. The van der Waals surface area contributed by atoms with E-state index in [9.17, 15) is 44.1 Å². The molecule has 3 aromatic rings. The smallest absolute Gasteiger partial charge is 0.350 e. The Labute approximate surface area is 416 Å². The summed E-state index contributed by atoms with van der Waals surface area (Å²) in [7, 11) is 0. The number of carbonyl (C=O) groups is 8. The van der Waals surface area contributed by atoms with Crippen molar-refractivity contribution in [3.63, 3.8) is 0 Å². The summed E-state index contributed by atoms with van der Waals surface area (Å²) in [6.45, 7) is 10.5. The Balaban J connectivity index is 1.42. The number of aliphatic hydroxyl groups excluding tert-OH is 2. The number of fused-ring (bicyclic) bond motifs is 5. The molecule has 0 heterocycles. The number of carbonyl (C=O) groups excluding carboxylic acids is 8. The van der Waals surface area contributed by atoms with Crippen LogP contribution in [0.1, 0.15) is 113 Å². The van der Waals surface area contributed by atoms with Crippen LogP contribution >= 0.6 is 0 Å². The van der Waals surface area contributed by atoms with Crippen molar-refractivity contribution in [2.24, 2.45) is 22.7 Å². The maximum atomic E-state index is 15.8. The number of rotatable bonds is 14. The van der Waals surface area contributed by atoms with Crippen molar-refractivity contribution in [1.29, 1.82) is 0 Å². The molecule has 2 bridgehead atoms. The molecular formula is C54H61NO17. The number of hydrogen-bond acceptors (Lipinski definition) is 17. The third-order valence-corrected chi connectivity index (χ3v) is 15.3. The van der Waals surface area contributed by atoms with Crippen LogP contribution in [0.15, 0.2) is 102 Å². The lowest BCUT2D eigenvalue weighted by Crippen LogP contribution is -2.78. The molecule has 0 aliphatic heterocycles. The molecule has 0 aromatic heterocycles. The molecule has 3 aromatic carbocycles. The number of amides is 1. The quantitative estimate of drug-likeness (QED) is 0.0976. The Morgan fingerprint density at radius 3 is 1.88 bits per heavy atom. The van der Waals surface area contributed by atoms with E-state index in [1.54, 1.807) is 80.6 Å². The molecule has 0 spiro atoms. The topological polar surface area (TPSA) is 265 Å². The predicted octanol–water partition coefficient (Wildman–Crippen LogP) is 4.61. The number of ketones is 1. The molecule has 3 saturated carbocycles. The van der Waals surface area contributed by atoms with Crippen molar-refractivity contribution >= 4 is 47.5 Å². The third kappa shape index (κ3) is 9.54. The van der Waals surface area contributed by atoms with E-state index >= 15 is 9.59 Å². The van der Waals surface area contributed by atoms with Gasteiger partial charge in [-0.1, -0.05) is 80.6 Å². The summed E-state index contributed by atoms with van der Waals surface area (Å²) in [6.07, 6.45) is -12.5. The van der Waals surface area contributed by atoms with Crippen molar-refractivity contribution in [3.05, 3.63) is 119 Å². The van der Waals surface area contributed by atoms with E-state index in [1.165, 1.54) is 45.0 Å². The zero-order valence-electron chi connectivity index (χ0n) is 41.3. The van der Waals surface area contributed by atoms with Crippen LogP contribution in [-0.4, -0.2) is 117 Å². The first-order valence-corrected chi connectivity index (χ1v) is 23.9. The van der Waals surface area contributed by atoms with E-state index in [0.717, 1.165) is 20.8 Å². The molecule has 3 fully saturated rings. The van der Waals surface area contributed by atoms with Crippen molar-refractivity contribution in [3.8, 4) is 0 Å². The van der Waals surface area contributed by atoms with Gasteiger partial charge in [0.1, 0.15) is 35.6 Å². The van der Waals surface area contributed by atoms with Gasteiger partial charge in [-0.2, -0.15) is 0 Å². The van der Waals surface area contributed by atoms with Gasteiger partial charge in [0.25, 0.3) is 5.91 Å². The third-order valence-electron chi connectivity index (χ3n) is 15.3. The largest absolute Gasteiger partial charge is 0.458 e. The highest BCUT2D eigenvalue weighted by atomic mass is 16.6. The lowest BCUT2D eigenvalue weighted by molar-refractivity contribution is -0.296. The van der Waals surface area contributed by atoms with E-state index < -0.39 is 137 Å². The van der Waals surface area contributed by atoms with Crippen molar-refractivity contribution in [2.45, 2.75) is 141 Å². The zero-order chi connectivity index (χ0) is 52.7. The van der Waals surface area contributed by atoms with Crippen LogP contribution in [0.4, 0.5) is 0 Å². The summed E-state index contributed by atoms with van der Waals surface area (Å²) in [5, 5.41) is 38.8. The predicted molar refractivity (Wildman–Crippen MR) is 252 cm³/mol. The minimum Gasteiger partial charge on any atom is -0.458 e. The summed E-state index contributed by atoms with van der Waals surface area (Å²) >= 11 is 0. The van der Waals surface area contributed by atoms with E-state index in [0.29, 0.717) is 6.42 Å².